The fraction of sp³-hybridized carbons (Fsp3) is 0.320. The van der Waals surface area contributed by atoms with Gasteiger partial charge < -0.3 is 19.7 Å². The molecule has 1 aliphatic heterocycles. The normalized spacial score (nSPS) is 13.4. The number of ether oxygens (including phenoxy) is 2. The van der Waals surface area contributed by atoms with E-state index in [1.807, 2.05) is 0 Å². The Kier molecular flexibility index (Phi) is 8.74. The van der Waals surface area contributed by atoms with Gasteiger partial charge >= 0.3 is 6.09 Å². The first-order valence-electron chi connectivity index (χ1n) is 11.9. The van der Waals surface area contributed by atoms with E-state index in [2.05, 4.69) is 20.9 Å². The quantitative estimate of drug-likeness (QED) is 0.365. The molecule has 3 amide bonds. The molecular weight excluding hydrogens is 587 g/mol. The molecule has 212 valence electrons. The first-order valence-corrected chi connectivity index (χ1v) is 13.0. The molecule has 0 bridgehead atoms. The maximum Gasteiger partial charge on any atom is 0.410 e. The fourth-order valence-corrected chi connectivity index (χ4v) is 4.38. The number of likely N-dealkylation sites (tertiary alicyclic amines) is 1. The predicted molar refractivity (Wildman–Crippen MR) is 147 cm³/mol. The van der Waals surface area contributed by atoms with Crippen molar-refractivity contribution in [2.24, 2.45) is 0 Å². The second-order valence-corrected chi connectivity index (χ2v) is 10.9. The van der Waals surface area contributed by atoms with Crippen LogP contribution < -0.4 is 15.5 Å². The number of benzene rings is 1. The number of anilines is 1. The highest BCUT2D eigenvalue weighted by Crippen LogP contribution is 2.32. The van der Waals surface area contributed by atoms with E-state index in [0.29, 0.717) is 0 Å². The van der Waals surface area contributed by atoms with E-state index in [1.54, 1.807) is 32.9 Å². The highest BCUT2D eigenvalue weighted by molar-refractivity contribution is 6.38. The fourth-order valence-electron chi connectivity index (χ4n) is 3.64. The summed E-state index contributed by atoms with van der Waals surface area (Å²) in [6.07, 6.45) is 0.645. The average molecular weight is 612 g/mol. The number of pyridine rings is 1. The summed E-state index contributed by atoms with van der Waals surface area (Å²) >= 11 is 18.7. The Bertz CT molecular complexity index is 1450. The van der Waals surface area contributed by atoms with Crippen LogP contribution in [0.1, 0.15) is 41.6 Å². The lowest BCUT2D eigenvalue weighted by molar-refractivity contribution is -0.0233. The topological polar surface area (TPSA) is 137 Å². The highest BCUT2D eigenvalue weighted by Gasteiger charge is 2.36. The first-order chi connectivity index (χ1) is 18.9. The third kappa shape index (κ3) is 6.76. The Morgan fingerprint density at radius 1 is 1.05 bits per heavy atom. The number of aromatic nitrogens is 3. The van der Waals surface area contributed by atoms with Gasteiger partial charge in [0.1, 0.15) is 17.4 Å². The molecule has 2 N–H and O–H groups in total. The van der Waals surface area contributed by atoms with Crippen LogP contribution in [0.3, 0.4) is 0 Å². The standard InChI is InChI=1S/C25H25Cl3N6O6/c1-25(2,3)40-24(37)33-11-14(12-33)39-19-10-18(34(31-19)21-16(27)6-5-7-29-21)23(36)30-20-15(22(35)32-38-4)8-13(26)9-17(20)28/h5-10,14H,11-12H2,1-4H3,(H,30,36)(H,32,35). The Morgan fingerprint density at radius 3 is 2.42 bits per heavy atom. The molecule has 3 aromatic rings. The Labute approximate surface area is 244 Å². The number of carbonyl (C=O) groups excluding carboxylic acids is 3. The summed E-state index contributed by atoms with van der Waals surface area (Å²) in [6.45, 7) is 5.89. The highest BCUT2D eigenvalue weighted by atomic mass is 35.5. The number of nitrogens with zero attached hydrogens (tertiary/aromatic N) is 4. The van der Waals surface area contributed by atoms with Crippen molar-refractivity contribution in [1.29, 1.82) is 0 Å². The number of hydroxylamine groups is 1. The van der Waals surface area contributed by atoms with E-state index >= 15 is 0 Å². The van der Waals surface area contributed by atoms with Gasteiger partial charge in [-0.3, -0.25) is 14.4 Å². The lowest BCUT2D eigenvalue weighted by atomic mass is 10.1. The van der Waals surface area contributed by atoms with Crippen LogP contribution in [0.15, 0.2) is 36.5 Å². The smallest absolute Gasteiger partial charge is 0.410 e. The van der Waals surface area contributed by atoms with Crippen molar-refractivity contribution in [2.75, 3.05) is 25.5 Å². The van der Waals surface area contributed by atoms with Gasteiger partial charge in [0.25, 0.3) is 11.8 Å². The van der Waals surface area contributed by atoms with Crippen molar-refractivity contribution in [3.8, 4) is 11.7 Å². The zero-order valence-corrected chi connectivity index (χ0v) is 24.1. The molecular formula is C25H25Cl3N6O6. The van der Waals surface area contributed by atoms with Crippen LogP contribution in [0.5, 0.6) is 5.88 Å². The lowest BCUT2D eigenvalue weighted by Gasteiger charge is -2.38. The van der Waals surface area contributed by atoms with Gasteiger partial charge in [-0.05, 0) is 45.0 Å². The number of rotatable bonds is 7. The molecule has 0 atom stereocenters. The molecule has 40 heavy (non-hydrogen) atoms. The minimum atomic E-state index is -0.705. The predicted octanol–water partition coefficient (Wildman–Crippen LogP) is 4.77. The Morgan fingerprint density at radius 2 is 1.77 bits per heavy atom. The monoisotopic (exact) mass is 610 g/mol. The number of nitrogens with one attached hydrogen (secondary N) is 2. The van der Waals surface area contributed by atoms with E-state index in [-0.39, 0.29) is 62.9 Å². The van der Waals surface area contributed by atoms with Gasteiger partial charge in [0.15, 0.2) is 5.82 Å². The summed E-state index contributed by atoms with van der Waals surface area (Å²) in [4.78, 5) is 48.7. The maximum atomic E-state index is 13.5. The summed E-state index contributed by atoms with van der Waals surface area (Å²) in [7, 11) is 1.26. The van der Waals surface area contributed by atoms with E-state index in [4.69, 9.17) is 49.1 Å². The van der Waals surface area contributed by atoms with Gasteiger partial charge in [-0.25, -0.2) is 19.9 Å². The van der Waals surface area contributed by atoms with Crippen molar-refractivity contribution < 1.29 is 28.7 Å². The third-order valence-corrected chi connectivity index (χ3v) is 6.19. The van der Waals surface area contributed by atoms with Crippen molar-refractivity contribution >= 4 is 58.4 Å². The molecule has 1 aliphatic rings. The van der Waals surface area contributed by atoms with E-state index in [0.717, 1.165) is 0 Å². The molecule has 0 saturated carbocycles. The van der Waals surface area contributed by atoms with Crippen molar-refractivity contribution in [3.63, 3.8) is 0 Å². The average Bonchev–Trinajstić information content (AvgIpc) is 3.25. The van der Waals surface area contributed by atoms with Gasteiger partial charge in [-0.15, -0.1) is 5.10 Å². The van der Waals surface area contributed by atoms with E-state index < -0.39 is 23.5 Å². The molecule has 15 heteroatoms. The second-order valence-electron chi connectivity index (χ2n) is 9.61. The number of hydrogen-bond donors (Lipinski definition) is 2. The Balaban J connectivity index is 1.61. The molecule has 1 fully saturated rings. The summed E-state index contributed by atoms with van der Waals surface area (Å²) in [5.74, 6) is -1.15. The molecule has 0 spiro atoms. The molecule has 0 radical (unpaired) electrons. The van der Waals surface area contributed by atoms with Crippen LogP contribution in [0.2, 0.25) is 15.1 Å². The van der Waals surface area contributed by atoms with Crippen molar-refractivity contribution in [3.05, 3.63) is 62.9 Å². The van der Waals surface area contributed by atoms with Gasteiger partial charge in [0.05, 0.1) is 41.5 Å². The van der Waals surface area contributed by atoms with Crippen LogP contribution in [0, 0.1) is 0 Å². The minimum absolute atomic E-state index is 0.0113. The number of halogens is 3. The van der Waals surface area contributed by atoms with Crippen LogP contribution in [-0.4, -0.2) is 69.5 Å². The molecule has 1 saturated heterocycles. The molecule has 4 rings (SSSR count). The van der Waals surface area contributed by atoms with Crippen LogP contribution in [0.25, 0.3) is 5.82 Å². The van der Waals surface area contributed by atoms with Crippen molar-refractivity contribution in [1.82, 2.24) is 25.1 Å². The van der Waals surface area contributed by atoms with Gasteiger partial charge in [0, 0.05) is 17.3 Å². The minimum Gasteiger partial charge on any atom is -0.469 e. The number of hydrogen-bond acceptors (Lipinski definition) is 8. The van der Waals surface area contributed by atoms with Gasteiger partial charge in [-0.2, -0.15) is 0 Å². The molecule has 0 unspecified atom stereocenters. The Hall–Kier alpha value is -3.58. The largest absolute Gasteiger partial charge is 0.469 e. The molecule has 3 heterocycles. The molecule has 1 aromatic carbocycles. The van der Waals surface area contributed by atoms with Crippen LogP contribution in [0.4, 0.5) is 10.5 Å². The number of carbonyl (C=O) groups is 3. The number of amides is 3. The van der Waals surface area contributed by atoms with Crippen molar-refractivity contribution in [2.45, 2.75) is 32.5 Å². The molecule has 2 aromatic heterocycles. The van der Waals surface area contributed by atoms with Crippen LogP contribution in [-0.2, 0) is 9.57 Å². The zero-order chi connectivity index (χ0) is 29.2. The third-order valence-electron chi connectivity index (χ3n) is 5.38. The van der Waals surface area contributed by atoms with Crippen LogP contribution >= 0.6 is 34.8 Å². The maximum absolute atomic E-state index is 13.5. The summed E-state index contributed by atoms with van der Waals surface area (Å²) < 4.78 is 12.5. The zero-order valence-electron chi connectivity index (χ0n) is 21.8. The lowest BCUT2D eigenvalue weighted by Crippen LogP contribution is -2.57. The first kappa shape index (κ1) is 29.4. The summed E-state index contributed by atoms with van der Waals surface area (Å²) in [6, 6.07) is 7.29. The van der Waals surface area contributed by atoms with Gasteiger partial charge in [-0.1, -0.05) is 34.8 Å². The summed E-state index contributed by atoms with van der Waals surface area (Å²) in [5.41, 5.74) is 1.47. The van der Waals surface area contributed by atoms with E-state index in [9.17, 15) is 14.4 Å². The SMILES string of the molecule is CONC(=O)c1cc(Cl)cc(Cl)c1NC(=O)c1cc(OC2CN(C(=O)OC(C)(C)C)C2)nn1-c1ncccc1Cl. The molecule has 0 aliphatic carbocycles. The summed E-state index contributed by atoms with van der Waals surface area (Å²) in [5, 5.41) is 7.41. The van der Waals surface area contributed by atoms with E-state index in [1.165, 1.54) is 41.1 Å². The van der Waals surface area contributed by atoms with Gasteiger partial charge in [0.2, 0.25) is 5.88 Å². The molecule has 12 nitrogen and oxygen atoms in total. The second kappa shape index (κ2) is 11.9.